The van der Waals surface area contributed by atoms with Gasteiger partial charge in [0.2, 0.25) is 0 Å². The van der Waals surface area contributed by atoms with E-state index in [1.54, 1.807) is 0 Å². The molecule has 2 saturated heterocycles. The van der Waals surface area contributed by atoms with E-state index in [9.17, 15) is 4.79 Å². The van der Waals surface area contributed by atoms with E-state index < -0.39 is 5.60 Å². The van der Waals surface area contributed by atoms with E-state index in [2.05, 4.69) is 30.7 Å². The zero-order valence-electron chi connectivity index (χ0n) is 15.9. The first-order valence-corrected chi connectivity index (χ1v) is 9.05. The van der Waals surface area contributed by atoms with Gasteiger partial charge in [0.25, 0.3) is 0 Å². The molecule has 134 valence electrons. The summed E-state index contributed by atoms with van der Waals surface area (Å²) in [5.41, 5.74) is -0.117. The van der Waals surface area contributed by atoms with Gasteiger partial charge in [0.05, 0.1) is 0 Å². The fourth-order valence-corrected chi connectivity index (χ4v) is 3.93. The van der Waals surface area contributed by atoms with Crippen LogP contribution < -0.4 is 0 Å². The van der Waals surface area contributed by atoms with Crippen molar-refractivity contribution in [2.24, 2.45) is 5.92 Å². The van der Waals surface area contributed by atoms with E-state index >= 15 is 0 Å². The fraction of sp³-hybridized carbons (Fsp3) is 0.944. The molecule has 0 aromatic heterocycles. The number of hydrogen-bond donors (Lipinski definition) is 0. The summed E-state index contributed by atoms with van der Waals surface area (Å²) in [7, 11) is 2.21. The van der Waals surface area contributed by atoms with Crippen LogP contribution in [0.2, 0.25) is 0 Å². The predicted octanol–water partition coefficient (Wildman–Crippen LogP) is 2.66. The fourth-order valence-electron chi connectivity index (χ4n) is 3.93. The SMILES string of the molecule is CC(C)C1(N2CCN(C(=O)OC(C)(C)C)CC2)CCN(C)CC1. The van der Waals surface area contributed by atoms with Gasteiger partial charge in [0.15, 0.2) is 0 Å². The molecule has 0 radical (unpaired) electrons. The average molecular weight is 325 g/mol. The van der Waals surface area contributed by atoms with Crippen molar-refractivity contribution in [3.05, 3.63) is 0 Å². The van der Waals surface area contributed by atoms with E-state index in [-0.39, 0.29) is 6.09 Å². The first kappa shape index (κ1) is 18.5. The van der Waals surface area contributed by atoms with Gasteiger partial charge in [-0.05, 0) is 59.7 Å². The van der Waals surface area contributed by atoms with Gasteiger partial charge in [-0.1, -0.05) is 13.8 Å². The lowest BCUT2D eigenvalue weighted by Gasteiger charge is -2.53. The lowest BCUT2D eigenvalue weighted by molar-refractivity contribution is -0.0409. The molecular weight excluding hydrogens is 290 g/mol. The zero-order valence-corrected chi connectivity index (χ0v) is 15.9. The van der Waals surface area contributed by atoms with Gasteiger partial charge in [-0.15, -0.1) is 0 Å². The minimum Gasteiger partial charge on any atom is -0.444 e. The lowest BCUT2D eigenvalue weighted by Crippen LogP contribution is -2.63. The van der Waals surface area contributed by atoms with E-state index in [0.717, 1.165) is 26.2 Å². The Bertz CT molecular complexity index is 401. The van der Waals surface area contributed by atoms with Crippen LogP contribution in [0.1, 0.15) is 47.5 Å². The maximum absolute atomic E-state index is 12.2. The Morgan fingerprint density at radius 2 is 1.52 bits per heavy atom. The van der Waals surface area contributed by atoms with Crippen LogP contribution in [0.3, 0.4) is 0 Å². The van der Waals surface area contributed by atoms with Crippen molar-refractivity contribution in [2.75, 3.05) is 46.3 Å². The first-order chi connectivity index (χ1) is 10.6. The number of hydrogen-bond acceptors (Lipinski definition) is 4. The Balaban J connectivity index is 1.95. The molecule has 0 saturated carbocycles. The van der Waals surface area contributed by atoms with Crippen LogP contribution >= 0.6 is 0 Å². The molecule has 0 aliphatic carbocycles. The number of carbonyl (C=O) groups is 1. The Kier molecular flexibility index (Phi) is 5.62. The van der Waals surface area contributed by atoms with Crippen LogP contribution in [-0.4, -0.2) is 78.2 Å². The number of piperidine rings is 1. The molecule has 0 N–H and O–H groups in total. The predicted molar refractivity (Wildman–Crippen MR) is 93.7 cm³/mol. The normalized spacial score (nSPS) is 24.0. The van der Waals surface area contributed by atoms with Crippen molar-refractivity contribution >= 4 is 6.09 Å². The van der Waals surface area contributed by atoms with Crippen molar-refractivity contribution < 1.29 is 9.53 Å². The molecule has 0 aromatic rings. The number of nitrogens with zero attached hydrogens (tertiary/aromatic N) is 3. The molecule has 0 bridgehead atoms. The van der Waals surface area contributed by atoms with Gasteiger partial charge in [0.1, 0.15) is 5.60 Å². The van der Waals surface area contributed by atoms with Crippen molar-refractivity contribution in [1.29, 1.82) is 0 Å². The van der Waals surface area contributed by atoms with Crippen LogP contribution in [0, 0.1) is 5.92 Å². The topological polar surface area (TPSA) is 36.0 Å². The molecule has 0 atom stereocenters. The molecule has 0 aromatic carbocycles. The number of carbonyl (C=O) groups excluding carboxylic acids is 1. The summed E-state index contributed by atoms with van der Waals surface area (Å²) in [6.45, 7) is 16.3. The third-order valence-electron chi connectivity index (χ3n) is 5.49. The third-order valence-corrected chi connectivity index (χ3v) is 5.49. The van der Waals surface area contributed by atoms with Crippen LogP contribution in [-0.2, 0) is 4.74 Å². The Morgan fingerprint density at radius 3 is 1.96 bits per heavy atom. The van der Waals surface area contributed by atoms with Gasteiger partial charge < -0.3 is 14.5 Å². The summed E-state index contributed by atoms with van der Waals surface area (Å²) in [5, 5.41) is 0. The summed E-state index contributed by atoms with van der Waals surface area (Å²) in [6.07, 6.45) is 2.29. The largest absolute Gasteiger partial charge is 0.444 e. The maximum atomic E-state index is 12.2. The standard InChI is InChI=1S/C18H35N3O2/c1-15(2)18(7-9-19(6)10-8-18)21-13-11-20(12-14-21)16(22)23-17(3,4)5/h15H,7-14H2,1-6H3. The highest BCUT2D eigenvalue weighted by atomic mass is 16.6. The van der Waals surface area contributed by atoms with Gasteiger partial charge in [-0.3, -0.25) is 4.90 Å². The number of amides is 1. The Hall–Kier alpha value is -0.810. The molecule has 2 aliphatic rings. The van der Waals surface area contributed by atoms with Crippen molar-refractivity contribution in [2.45, 2.75) is 58.6 Å². The second kappa shape index (κ2) is 6.98. The first-order valence-electron chi connectivity index (χ1n) is 9.05. The summed E-state index contributed by atoms with van der Waals surface area (Å²) in [6, 6.07) is 0. The second-order valence-corrected chi connectivity index (χ2v) is 8.52. The van der Waals surface area contributed by atoms with Crippen LogP contribution in [0.15, 0.2) is 0 Å². The van der Waals surface area contributed by atoms with Crippen LogP contribution in [0.4, 0.5) is 4.79 Å². The van der Waals surface area contributed by atoms with Crippen LogP contribution in [0.5, 0.6) is 0 Å². The highest BCUT2D eigenvalue weighted by Crippen LogP contribution is 2.36. The molecule has 23 heavy (non-hydrogen) atoms. The molecule has 2 aliphatic heterocycles. The molecule has 5 heteroatoms. The minimum absolute atomic E-state index is 0.167. The Labute approximate surface area is 141 Å². The second-order valence-electron chi connectivity index (χ2n) is 8.52. The van der Waals surface area contributed by atoms with Crippen molar-refractivity contribution in [3.63, 3.8) is 0 Å². The van der Waals surface area contributed by atoms with Gasteiger partial charge in [-0.25, -0.2) is 4.79 Å². The summed E-state index contributed by atoms with van der Waals surface area (Å²) in [5.74, 6) is 0.643. The van der Waals surface area contributed by atoms with E-state index in [4.69, 9.17) is 4.74 Å². The minimum atomic E-state index is -0.415. The molecule has 5 nitrogen and oxygen atoms in total. The molecule has 2 rings (SSSR count). The average Bonchev–Trinajstić information content (AvgIpc) is 2.46. The van der Waals surface area contributed by atoms with Crippen molar-refractivity contribution in [3.8, 4) is 0 Å². The monoisotopic (exact) mass is 325 g/mol. The molecule has 2 fully saturated rings. The molecule has 1 amide bonds. The van der Waals surface area contributed by atoms with Gasteiger partial charge in [0, 0.05) is 31.7 Å². The van der Waals surface area contributed by atoms with Gasteiger partial charge >= 0.3 is 6.09 Å². The van der Waals surface area contributed by atoms with Gasteiger partial charge in [-0.2, -0.15) is 0 Å². The number of rotatable bonds is 2. The highest BCUT2D eigenvalue weighted by molar-refractivity contribution is 5.68. The van der Waals surface area contributed by atoms with E-state index in [0.29, 0.717) is 11.5 Å². The third kappa shape index (κ3) is 4.38. The summed E-state index contributed by atoms with van der Waals surface area (Å²) < 4.78 is 5.51. The maximum Gasteiger partial charge on any atom is 0.410 e. The smallest absolute Gasteiger partial charge is 0.410 e. The van der Waals surface area contributed by atoms with Crippen molar-refractivity contribution in [1.82, 2.24) is 14.7 Å². The molecular formula is C18H35N3O2. The Morgan fingerprint density at radius 1 is 1.00 bits per heavy atom. The molecule has 0 unspecified atom stereocenters. The quantitative estimate of drug-likeness (QED) is 0.782. The van der Waals surface area contributed by atoms with Crippen LogP contribution in [0.25, 0.3) is 0 Å². The highest BCUT2D eigenvalue weighted by Gasteiger charge is 2.43. The van der Waals surface area contributed by atoms with E-state index in [1.807, 2.05) is 25.7 Å². The zero-order chi connectivity index (χ0) is 17.3. The van der Waals surface area contributed by atoms with E-state index in [1.165, 1.54) is 25.9 Å². The molecule has 0 spiro atoms. The summed E-state index contributed by atoms with van der Waals surface area (Å²) in [4.78, 5) is 19.2. The number of ether oxygens (including phenoxy) is 1. The summed E-state index contributed by atoms with van der Waals surface area (Å²) >= 11 is 0. The number of likely N-dealkylation sites (tertiary alicyclic amines) is 1. The molecule has 2 heterocycles. The lowest BCUT2D eigenvalue weighted by atomic mass is 9.76. The number of piperazine rings is 1.